The molecule has 0 spiro atoms. The summed E-state index contributed by atoms with van der Waals surface area (Å²) in [5.41, 5.74) is 0.670. The Morgan fingerprint density at radius 1 is 0.947 bits per heavy atom. The van der Waals surface area contributed by atoms with E-state index in [4.69, 9.17) is 0 Å². The van der Waals surface area contributed by atoms with Crippen LogP contribution in [0.15, 0.2) is 0 Å². The summed E-state index contributed by atoms with van der Waals surface area (Å²) >= 11 is 0. The van der Waals surface area contributed by atoms with Gasteiger partial charge < -0.3 is 0 Å². The van der Waals surface area contributed by atoms with Crippen molar-refractivity contribution in [1.82, 2.24) is 0 Å². The van der Waals surface area contributed by atoms with Gasteiger partial charge in [-0.1, -0.05) is 64.5 Å². The summed E-state index contributed by atoms with van der Waals surface area (Å²) in [6.07, 6.45) is 10.7. The molecule has 2 heterocycles. The quantitative estimate of drug-likeness (QED) is 0.568. The van der Waals surface area contributed by atoms with E-state index in [1.54, 1.807) is 19.3 Å². The van der Waals surface area contributed by atoms with Crippen LogP contribution < -0.4 is 0 Å². The second-order valence-electron chi connectivity index (χ2n) is 8.91. The molecule has 3 aliphatic carbocycles. The van der Waals surface area contributed by atoms with Crippen molar-refractivity contribution in [3.8, 4) is 0 Å². The summed E-state index contributed by atoms with van der Waals surface area (Å²) in [6.45, 7) is 7.69. The van der Waals surface area contributed by atoms with Crippen molar-refractivity contribution in [3.63, 3.8) is 0 Å². The van der Waals surface area contributed by atoms with Gasteiger partial charge in [-0.2, -0.15) is 0 Å². The van der Waals surface area contributed by atoms with Crippen LogP contribution in [0.5, 0.6) is 0 Å². The second-order valence-corrected chi connectivity index (χ2v) is 8.91. The van der Waals surface area contributed by atoms with E-state index in [0.29, 0.717) is 5.41 Å². The Morgan fingerprint density at radius 3 is 2.53 bits per heavy atom. The maximum atomic E-state index is 2.79. The molecule has 19 heavy (non-hydrogen) atoms. The monoisotopic (exact) mass is 257 g/mol. The highest BCUT2D eigenvalue weighted by molar-refractivity contribution is 6.40. The first-order valence-electron chi connectivity index (χ1n) is 8.92. The number of rotatable bonds is 1. The molecule has 0 aromatic rings. The maximum Gasteiger partial charge on any atom is 0.118 e. The van der Waals surface area contributed by atoms with Gasteiger partial charge >= 0.3 is 0 Å². The number of hydrogen-bond acceptors (Lipinski definition) is 0. The molecule has 0 amide bonds. The fourth-order valence-electron chi connectivity index (χ4n) is 6.66. The van der Waals surface area contributed by atoms with Crippen molar-refractivity contribution < 1.29 is 0 Å². The largest absolute Gasteiger partial charge is 0.118 e. The standard InChI is InChI=1S/C18H30B/c1-11-15(9-12-10-16(11)18(12,2)3)14-8-7-13-5-4-6-17(14)19-13/h11-17H,4-10H2,1-3H3. The summed E-state index contributed by atoms with van der Waals surface area (Å²) in [5.74, 6) is 7.22. The van der Waals surface area contributed by atoms with Gasteiger partial charge in [0.15, 0.2) is 0 Å². The molecule has 5 aliphatic rings. The molecule has 0 N–H and O–H groups in total. The lowest BCUT2D eigenvalue weighted by molar-refractivity contribution is -0.142. The molecule has 1 heteroatoms. The third-order valence-electron chi connectivity index (χ3n) is 8.02. The Hall–Kier alpha value is 0.0649. The van der Waals surface area contributed by atoms with Crippen LogP contribution >= 0.6 is 0 Å². The van der Waals surface area contributed by atoms with E-state index < -0.39 is 0 Å². The second kappa shape index (κ2) is 4.28. The zero-order chi connectivity index (χ0) is 13.2. The average Bonchev–Trinajstić information content (AvgIpc) is 2.39. The molecule has 0 aromatic heterocycles. The van der Waals surface area contributed by atoms with Crippen LogP contribution in [0.3, 0.4) is 0 Å². The van der Waals surface area contributed by atoms with E-state index >= 15 is 0 Å². The van der Waals surface area contributed by atoms with E-state index in [2.05, 4.69) is 28.1 Å². The Balaban J connectivity index is 1.51. The molecule has 2 aliphatic heterocycles. The van der Waals surface area contributed by atoms with Gasteiger partial charge in [-0.25, -0.2) is 0 Å². The SMILES string of the molecule is CC1C(C2CCC3[B]C2CCC3)CC2CC1C2(C)C. The van der Waals surface area contributed by atoms with Crippen LogP contribution in [0.1, 0.15) is 65.7 Å². The molecule has 7 atom stereocenters. The van der Waals surface area contributed by atoms with Gasteiger partial charge in [0.05, 0.1) is 0 Å². The first-order chi connectivity index (χ1) is 9.07. The minimum absolute atomic E-state index is 0.670. The van der Waals surface area contributed by atoms with Crippen molar-refractivity contribution in [3.05, 3.63) is 0 Å². The van der Waals surface area contributed by atoms with Gasteiger partial charge in [-0.3, -0.25) is 0 Å². The van der Waals surface area contributed by atoms with Crippen molar-refractivity contribution in [2.75, 3.05) is 0 Å². The van der Waals surface area contributed by atoms with Crippen LogP contribution in [0, 0.1) is 35.0 Å². The predicted molar refractivity (Wildman–Crippen MR) is 82.5 cm³/mol. The van der Waals surface area contributed by atoms with Crippen molar-refractivity contribution in [2.24, 2.45) is 35.0 Å². The molecule has 7 unspecified atom stereocenters. The summed E-state index contributed by atoms with van der Waals surface area (Å²) in [4.78, 5) is 0. The Kier molecular flexibility index (Phi) is 2.88. The van der Waals surface area contributed by atoms with Crippen molar-refractivity contribution in [2.45, 2.75) is 77.4 Å². The normalized spacial score (nSPS) is 55.0. The van der Waals surface area contributed by atoms with E-state index in [1.165, 1.54) is 25.7 Å². The van der Waals surface area contributed by atoms with Gasteiger partial charge in [0, 0.05) is 0 Å². The minimum atomic E-state index is 0.670. The molecular weight excluding hydrogens is 227 g/mol. The first-order valence-corrected chi connectivity index (χ1v) is 8.92. The van der Waals surface area contributed by atoms with E-state index in [1.807, 2.05) is 0 Å². The summed E-state index contributed by atoms with van der Waals surface area (Å²) in [7, 11) is 2.79. The fraction of sp³-hybridized carbons (Fsp3) is 1.00. The zero-order valence-electron chi connectivity index (χ0n) is 13.1. The van der Waals surface area contributed by atoms with Crippen LogP contribution in [-0.4, -0.2) is 7.28 Å². The third kappa shape index (κ3) is 1.79. The highest BCUT2D eigenvalue weighted by Gasteiger charge is 2.58. The predicted octanol–water partition coefficient (Wildman–Crippen LogP) is 5.18. The molecule has 105 valence electrons. The summed E-state index contributed by atoms with van der Waals surface area (Å²) < 4.78 is 0. The van der Waals surface area contributed by atoms with Gasteiger partial charge in [0.2, 0.25) is 0 Å². The van der Waals surface area contributed by atoms with Crippen molar-refractivity contribution in [1.29, 1.82) is 0 Å². The van der Waals surface area contributed by atoms with Gasteiger partial charge in [0.1, 0.15) is 7.28 Å². The van der Waals surface area contributed by atoms with E-state index in [-0.39, 0.29) is 0 Å². The number of hydrogen-bond donors (Lipinski definition) is 0. The lowest BCUT2D eigenvalue weighted by Gasteiger charge is -2.64. The first kappa shape index (κ1) is 12.8. The molecule has 0 nitrogen and oxygen atoms in total. The van der Waals surface area contributed by atoms with Gasteiger partial charge in [-0.05, 0) is 47.8 Å². The Bertz CT molecular complexity index is 361. The summed E-state index contributed by atoms with van der Waals surface area (Å²) in [5, 5.41) is 0. The van der Waals surface area contributed by atoms with Crippen LogP contribution in [0.4, 0.5) is 0 Å². The van der Waals surface area contributed by atoms with Crippen LogP contribution in [-0.2, 0) is 0 Å². The molecular formula is C18H30B. The molecule has 2 saturated heterocycles. The van der Waals surface area contributed by atoms with E-state index in [0.717, 1.165) is 41.2 Å². The van der Waals surface area contributed by atoms with Crippen LogP contribution in [0.25, 0.3) is 0 Å². The smallest absolute Gasteiger partial charge is 0.0686 e. The van der Waals surface area contributed by atoms with Crippen LogP contribution in [0.2, 0.25) is 11.6 Å². The third-order valence-corrected chi connectivity index (χ3v) is 8.02. The lowest BCUT2D eigenvalue weighted by atomic mass is 9.36. The van der Waals surface area contributed by atoms with Gasteiger partial charge in [-0.15, -0.1) is 0 Å². The lowest BCUT2D eigenvalue weighted by Crippen LogP contribution is -2.56. The Labute approximate surface area is 120 Å². The highest BCUT2D eigenvalue weighted by Crippen LogP contribution is 2.66. The number of fused-ring (bicyclic) bond motifs is 4. The molecule has 1 radical (unpaired) electrons. The highest BCUT2D eigenvalue weighted by atomic mass is 14.6. The molecule has 5 rings (SSSR count). The van der Waals surface area contributed by atoms with Gasteiger partial charge in [0.25, 0.3) is 0 Å². The van der Waals surface area contributed by atoms with Crippen molar-refractivity contribution >= 4 is 7.28 Å². The topological polar surface area (TPSA) is 0 Å². The molecule has 4 bridgehead atoms. The fourth-order valence-corrected chi connectivity index (χ4v) is 6.66. The minimum Gasteiger partial charge on any atom is -0.0686 e. The average molecular weight is 257 g/mol. The molecule has 3 saturated carbocycles. The van der Waals surface area contributed by atoms with E-state index in [9.17, 15) is 0 Å². The maximum absolute atomic E-state index is 2.79. The molecule has 0 aromatic carbocycles. The Morgan fingerprint density at radius 2 is 1.79 bits per heavy atom. The zero-order valence-corrected chi connectivity index (χ0v) is 13.1. The molecule has 5 fully saturated rings. The summed E-state index contributed by atoms with van der Waals surface area (Å²) in [6, 6.07) is 0.